The summed E-state index contributed by atoms with van der Waals surface area (Å²) < 4.78 is 36.9. The third-order valence-corrected chi connectivity index (χ3v) is 2.33. The highest BCUT2D eigenvalue weighted by Crippen LogP contribution is 2.28. The number of rotatable bonds is 5. The minimum absolute atomic E-state index is 0.593. The summed E-state index contributed by atoms with van der Waals surface area (Å²) in [6.45, 7) is 3.37. The Kier molecular flexibility index (Phi) is 5.22. The van der Waals surface area contributed by atoms with Gasteiger partial charge in [-0.05, 0) is 37.6 Å². The molecule has 0 unspecified atom stereocenters. The van der Waals surface area contributed by atoms with Crippen LogP contribution in [0.5, 0.6) is 0 Å². The van der Waals surface area contributed by atoms with E-state index in [4.69, 9.17) is 0 Å². The SMILES string of the molecule is C/C=C/CCNCc1ccc(C(F)(F)F)cc1. The molecule has 0 fully saturated rings. The summed E-state index contributed by atoms with van der Waals surface area (Å²) in [4.78, 5) is 0. The normalized spacial score (nSPS) is 12.2. The standard InChI is InChI=1S/C13H16F3N/c1-2-3-4-9-17-10-11-5-7-12(8-6-11)13(14,15)16/h2-3,5-8,17H,4,9-10H2,1H3/b3-2+. The number of allylic oxidation sites excluding steroid dienone is 1. The molecular weight excluding hydrogens is 227 g/mol. The molecule has 0 aliphatic carbocycles. The van der Waals surface area contributed by atoms with Crippen molar-refractivity contribution in [2.45, 2.75) is 26.1 Å². The van der Waals surface area contributed by atoms with Crippen molar-refractivity contribution < 1.29 is 13.2 Å². The zero-order valence-electron chi connectivity index (χ0n) is 9.72. The largest absolute Gasteiger partial charge is 0.416 e. The maximum Gasteiger partial charge on any atom is 0.416 e. The second-order valence-electron chi connectivity index (χ2n) is 3.73. The van der Waals surface area contributed by atoms with Gasteiger partial charge >= 0.3 is 6.18 Å². The van der Waals surface area contributed by atoms with Crippen LogP contribution in [0.25, 0.3) is 0 Å². The topological polar surface area (TPSA) is 12.0 Å². The number of halogens is 3. The maximum absolute atomic E-state index is 12.3. The first kappa shape index (κ1) is 13.8. The Morgan fingerprint density at radius 2 is 1.82 bits per heavy atom. The zero-order valence-corrected chi connectivity index (χ0v) is 9.72. The smallest absolute Gasteiger partial charge is 0.312 e. The number of alkyl halides is 3. The fraction of sp³-hybridized carbons (Fsp3) is 0.385. The van der Waals surface area contributed by atoms with Crippen molar-refractivity contribution in [3.8, 4) is 0 Å². The predicted octanol–water partition coefficient (Wildman–Crippen LogP) is 3.76. The molecule has 94 valence electrons. The van der Waals surface area contributed by atoms with Crippen LogP contribution in [0, 0.1) is 0 Å². The Balaban J connectivity index is 2.41. The quantitative estimate of drug-likeness (QED) is 0.613. The van der Waals surface area contributed by atoms with Crippen LogP contribution >= 0.6 is 0 Å². The average molecular weight is 243 g/mol. The average Bonchev–Trinajstić information content (AvgIpc) is 2.28. The predicted molar refractivity (Wildman–Crippen MR) is 62.6 cm³/mol. The molecule has 0 aliphatic heterocycles. The third-order valence-electron chi connectivity index (χ3n) is 2.33. The van der Waals surface area contributed by atoms with E-state index >= 15 is 0 Å². The van der Waals surface area contributed by atoms with Gasteiger partial charge in [-0.3, -0.25) is 0 Å². The molecular formula is C13H16F3N. The lowest BCUT2D eigenvalue weighted by Crippen LogP contribution is -2.14. The fourth-order valence-corrected chi connectivity index (χ4v) is 1.40. The minimum Gasteiger partial charge on any atom is -0.312 e. The Hall–Kier alpha value is -1.29. The fourth-order valence-electron chi connectivity index (χ4n) is 1.40. The summed E-state index contributed by atoms with van der Waals surface area (Å²) in [7, 11) is 0. The van der Waals surface area contributed by atoms with E-state index in [1.807, 2.05) is 19.1 Å². The first-order chi connectivity index (χ1) is 8.04. The highest BCUT2D eigenvalue weighted by Gasteiger charge is 2.29. The summed E-state index contributed by atoms with van der Waals surface area (Å²) in [5, 5.41) is 3.16. The number of benzene rings is 1. The molecule has 0 heterocycles. The van der Waals surface area contributed by atoms with E-state index in [1.165, 1.54) is 12.1 Å². The van der Waals surface area contributed by atoms with Gasteiger partial charge in [0.15, 0.2) is 0 Å². The van der Waals surface area contributed by atoms with E-state index in [-0.39, 0.29) is 0 Å². The van der Waals surface area contributed by atoms with Crippen LogP contribution in [0.4, 0.5) is 13.2 Å². The second-order valence-corrected chi connectivity index (χ2v) is 3.73. The van der Waals surface area contributed by atoms with E-state index in [9.17, 15) is 13.2 Å². The van der Waals surface area contributed by atoms with E-state index in [1.54, 1.807) is 0 Å². The highest BCUT2D eigenvalue weighted by molar-refractivity contribution is 5.24. The zero-order chi connectivity index (χ0) is 12.7. The summed E-state index contributed by atoms with van der Waals surface area (Å²) in [5.41, 5.74) is 0.258. The van der Waals surface area contributed by atoms with Crippen LogP contribution in [0.1, 0.15) is 24.5 Å². The van der Waals surface area contributed by atoms with Crippen LogP contribution in [0.2, 0.25) is 0 Å². The number of hydrogen-bond acceptors (Lipinski definition) is 1. The van der Waals surface area contributed by atoms with Gasteiger partial charge in [-0.25, -0.2) is 0 Å². The van der Waals surface area contributed by atoms with Crippen LogP contribution in [0.15, 0.2) is 36.4 Å². The van der Waals surface area contributed by atoms with Gasteiger partial charge in [0.1, 0.15) is 0 Å². The molecule has 17 heavy (non-hydrogen) atoms. The molecule has 1 aromatic rings. The summed E-state index contributed by atoms with van der Waals surface area (Å²) in [5.74, 6) is 0. The van der Waals surface area contributed by atoms with Crippen LogP contribution < -0.4 is 5.32 Å². The summed E-state index contributed by atoms with van der Waals surface area (Å²) >= 11 is 0. The molecule has 1 N–H and O–H groups in total. The molecule has 0 radical (unpaired) electrons. The molecule has 0 bridgehead atoms. The lowest BCUT2D eigenvalue weighted by Gasteiger charge is -2.08. The molecule has 0 atom stereocenters. The first-order valence-corrected chi connectivity index (χ1v) is 5.52. The van der Waals surface area contributed by atoms with Gasteiger partial charge in [0.2, 0.25) is 0 Å². The monoisotopic (exact) mass is 243 g/mol. The summed E-state index contributed by atoms with van der Waals surface area (Å²) in [6, 6.07) is 5.24. The Morgan fingerprint density at radius 3 is 2.35 bits per heavy atom. The molecule has 0 spiro atoms. The van der Waals surface area contributed by atoms with Crippen molar-refractivity contribution in [3.05, 3.63) is 47.5 Å². The molecule has 1 rings (SSSR count). The number of nitrogens with one attached hydrogen (secondary N) is 1. The molecule has 1 nitrogen and oxygen atoms in total. The Morgan fingerprint density at radius 1 is 1.18 bits per heavy atom. The minimum atomic E-state index is -4.25. The van der Waals surface area contributed by atoms with Crippen molar-refractivity contribution in [2.75, 3.05) is 6.54 Å². The van der Waals surface area contributed by atoms with Crippen LogP contribution in [-0.2, 0) is 12.7 Å². The molecule has 4 heteroatoms. The molecule has 0 saturated heterocycles. The van der Waals surface area contributed by atoms with Gasteiger partial charge in [-0.1, -0.05) is 24.3 Å². The molecule has 0 saturated carbocycles. The van der Waals surface area contributed by atoms with Gasteiger partial charge in [-0.15, -0.1) is 0 Å². The van der Waals surface area contributed by atoms with Gasteiger partial charge in [0.05, 0.1) is 5.56 Å². The summed E-state index contributed by atoms with van der Waals surface area (Å²) in [6.07, 6.45) is 0.689. The molecule has 0 amide bonds. The van der Waals surface area contributed by atoms with Gasteiger partial charge in [0.25, 0.3) is 0 Å². The van der Waals surface area contributed by atoms with E-state index in [0.717, 1.165) is 30.7 Å². The second kappa shape index (κ2) is 6.45. The van der Waals surface area contributed by atoms with Crippen LogP contribution in [0.3, 0.4) is 0 Å². The first-order valence-electron chi connectivity index (χ1n) is 5.52. The Labute approximate surface area is 99.3 Å². The van der Waals surface area contributed by atoms with Crippen molar-refractivity contribution in [1.29, 1.82) is 0 Å². The van der Waals surface area contributed by atoms with Crippen LogP contribution in [-0.4, -0.2) is 6.54 Å². The van der Waals surface area contributed by atoms with Crippen molar-refractivity contribution in [2.24, 2.45) is 0 Å². The molecule has 0 aromatic heterocycles. The van der Waals surface area contributed by atoms with Gasteiger partial charge in [-0.2, -0.15) is 13.2 Å². The van der Waals surface area contributed by atoms with Gasteiger partial charge < -0.3 is 5.32 Å². The van der Waals surface area contributed by atoms with E-state index in [0.29, 0.717) is 6.54 Å². The van der Waals surface area contributed by atoms with Crippen molar-refractivity contribution in [1.82, 2.24) is 5.32 Å². The van der Waals surface area contributed by atoms with Crippen molar-refractivity contribution in [3.63, 3.8) is 0 Å². The van der Waals surface area contributed by atoms with Crippen molar-refractivity contribution >= 4 is 0 Å². The highest BCUT2D eigenvalue weighted by atomic mass is 19.4. The van der Waals surface area contributed by atoms with E-state index in [2.05, 4.69) is 5.32 Å². The lowest BCUT2D eigenvalue weighted by molar-refractivity contribution is -0.137. The number of hydrogen-bond donors (Lipinski definition) is 1. The molecule has 0 aliphatic rings. The maximum atomic E-state index is 12.3. The molecule has 1 aromatic carbocycles. The lowest BCUT2D eigenvalue weighted by atomic mass is 10.1. The Bertz CT molecular complexity index is 352. The van der Waals surface area contributed by atoms with Gasteiger partial charge in [0, 0.05) is 6.54 Å². The third kappa shape index (κ3) is 5.04. The van der Waals surface area contributed by atoms with E-state index < -0.39 is 11.7 Å².